The number of hydrogen-bond acceptors (Lipinski definition) is 5. The van der Waals surface area contributed by atoms with Crippen LogP contribution < -0.4 is 0 Å². The number of benzene rings is 3. The minimum Gasteiger partial charge on any atom is -0.349 e. The van der Waals surface area contributed by atoms with Gasteiger partial charge in [0.05, 0.1) is 24.5 Å². The molecule has 0 radical (unpaired) electrons. The highest BCUT2D eigenvalue weighted by Crippen LogP contribution is 2.57. The number of hydrogen-bond donors (Lipinski definition) is 0. The second-order valence-corrected chi connectivity index (χ2v) is 8.78. The molecule has 3 aliphatic rings. The summed E-state index contributed by atoms with van der Waals surface area (Å²) in [6.07, 6.45) is -1.05. The number of ether oxygens (including phenoxy) is 1. The van der Waals surface area contributed by atoms with Gasteiger partial charge in [-0.2, -0.15) is 0 Å². The van der Waals surface area contributed by atoms with Crippen LogP contribution >= 0.6 is 0 Å². The third-order valence-electron chi connectivity index (χ3n) is 6.99. The molecule has 6 nitrogen and oxygen atoms in total. The number of imide groups is 1. The Morgan fingerprint density at radius 3 is 1.97 bits per heavy atom. The van der Waals surface area contributed by atoms with Gasteiger partial charge in [-0.25, -0.2) is 4.39 Å². The molecule has 0 unspecified atom stereocenters. The summed E-state index contributed by atoms with van der Waals surface area (Å²) in [5.74, 6) is -5.21. The Labute approximate surface area is 193 Å². The van der Waals surface area contributed by atoms with Crippen molar-refractivity contribution in [3.05, 3.63) is 107 Å². The molecule has 0 bridgehead atoms. The van der Waals surface area contributed by atoms with Crippen molar-refractivity contribution in [1.82, 2.24) is 4.90 Å². The first-order valence-electron chi connectivity index (χ1n) is 10.9. The second kappa shape index (κ2) is 7.27. The Kier molecular flexibility index (Phi) is 4.41. The van der Waals surface area contributed by atoms with E-state index in [2.05, 4.69) is 0 Å². The van der Waals surface area contributed by atoms with Crippen LogP contribution in [0.2, 0.25) is 0 Å². The molecule has 3 aromatic rings. The quantitative estimate of drug-likeness (QED) is 0.446. The number of halogens is 1. The molecule has 0 saturated carbocycles. The van der Waals surface area contributed by atoms with E-state index in [1.54, 1.807) is 36.4 Å². The lowest BCUT2D eigenvalue weighted by Gasteiger charge is -2.27. The lowest BCUT2D eigenvalue weighted by atomic mass is 9.77. The lowest BCUT2D eigenvalue weighted by Crippen LogP contribution is -2.50. The highest BCUT2D eigenvalue weighted by molar-refractivity contribution is 6.35. The van der Waals surface area contributed by atoms with Gasteiger partial charge in [0.15, 0.2) is 0 Å². The standard InChI is InChI=1S/C27H18FNO5/c28-17-12-10-16(11-13-17)22-20-21(26(33)29(25(20)32)14-15-6-2-1-3-7-15)27(34-22)23(30)18-8-4-5-9-19(18)24(27)31/h1-13,20-22H,14H2/t20-,21+,22-/m1/s1. The van der Waals surface area contributed by atoms with Crippen LogP contribution in [0.1, 0.15) is 37.9 Å². The van der Waals surface area contributed by atoms with E-state index >= 15 is 0 Å². The number of fused-ring (bicyclic) bond motifs is 3. The van der Waals surface area contributed by atoms with Gasteiger partial charge in [0.1, 0.15) is 5.82 Å². The van der Waals surface area contributed by atoms with Crippen LogP contribution in [-0.2, 0) is 20.9 Å². The summed E-state index contributed by atoms with van der Waals surface area (Å²) in [5, 5.41) is 0. The molecule has 2 aliphatic heterocycles. The van der Waals surface area contributed by atoms with Crippen LogP contribution in [0.15, 0.2) is 78.9 Å². The maximum absolute atomic E-state index is 13.7. The molecule has 0 N–H and O–H groups in total. The van der Waals surface area contributed by atoms with Crippen molar-refractivity contribution in [3.8, 4) is 0 Å². The number of Topliss-reactive ketones (excluding diaryl/α,β-unsaturated/α-hetero) is 2. The van der Waals surface area contributed by atoms with Crippen molar-refractivity contribution in [2.24, 2.45) is 11.8 Å². The SMILES string of the molecule is O=C1[C@H]2[C@@H](c3ccc(F)cc3)OC3(C(=O)c4ccccc4C3=O)[C@@H]2C(=O)N1Cc1ccccc1. The highest BCUT2D eigenvalue weighted by Gasteiger charge is 2.74. The molecule has 34 heavy (non-hydrogen) atoms. The first-order valence-corrected chi connectivity index (χ1v) is 10.9. The van der Waals surface area contributed by atoms with Crippen LogP contribution in [0, 0.1) is 17.7 Å². The fourth-order valence-corrected chi connectivity index (χ4v) is 5.45. The molecule has 168 valence electrons. The van der Waals surface area contributed by atoms with Crippen molar-refractivity contribution in [1.29, 1.82) is 0 Å². The van der Waals surface area contributed by atoms with Crippen LogP contribution in [-0.4, -0.2) is 33.9 Å². The van der Waals surface area contributed by atoms with Gasteiger partial charge in [-0.05, 0) is 23.3 Å². The van der Waals surface area contributed by atoms with Gasteiger partial charge in [0.25, 0.3) is 0 Å². The van der Waals surface area contributed by atoms with E-state index in [4.69, 9.17) is 4.74 Å². The van der Waals surface area contributed by atoms with Gasteiger partial charge < -0.3 is 4.74 Å². The molecule has 1 aliphatic carbocycles. The summed E-state index contributed by atoms with van der Waals surface area (Å²) in [6, 6.07) is 20.7. The van der Waals surface area contributed by atoms with Crippen LogP contribution in [0.4, 0.5) is 4.39 Å². The zero-order valence-electron chi connectivity index (χ0n) is 17.8. The molecule has 2 saturated heterocycles. The van der Waals surface area contributed by atoms with E-state index in [1.165, 1.54) is 36.4 Å². The summed E-state index contributed by atoms with van der Waals surface area (Å²) in [4.78, 5) is 55.7. The van der Waals surface area contributed by atoms with E-state index in [-0.39, 0.29) is 17.7 Å². The average molecular weight is 455 g/mol. The normalized spacial score (nSPS) is 24.7. The Morgan fingerprint density at radius 2 is 1.35 bits per heavy atom. The van der Waals surface area contributed by atoms with Gasteiger partial charge in [0.2, 0.25) is 29.0 Å². The molecule has 0 aromatic heterocycles. The molecule has 3 atom stereocenters. The molecular formula is C27H18FNO5. The number of amides is 2. The van der Waals surface area contributed by atoms with Gasteiger partial charge >= 0.3 is 0 Å². The predicted molar refractivity (Wildman–Crippen MR) is 117 cm³/mol. The van der Waals surface area contributed by atoms with Gasteiger partial charge in [-0.1, -0.05) is 66.7 Å². The molecule has 2 heterocycles. The molecule has 2 fully saturated rings. The fourth-order valence-electron chi connectivity index (χ4n) is 5.45. The molecular weight excluding hydrogens is 437 g/mol. The van der Waals surface area contributed by atoms with Crippen molar-refractivity contribution >= 4 is 23.4 Å². The average Bonchev–Trinajstić information content (AvgIpc) is 3.41. The number of nitrogens with zero attached hydrogens (tertiary/aromatic N) is 1. The lowest BCUT2D eigenvalue weighted by molar-refractivity contribution is -0.145. The predicted octanol–water partition coefficient (Wildman–Crippen LogP) is 3.52. The van der Waals surface area contributed by atoms with Crippen LogP contribution in [0.3, 0.4) is 0 Å². The zero-order chi connectivity index (χ0) is 23.6. The van der Waals surface area contributed by atoms with E-state index in [0.717, 1.165) is 10.5 Å². The van der Waals surface area contributed by atoms with Crippen LogP contribution in [0.5, 0.6) is 0 Å². The molecule has 6 rings (SSSR count). The molecule has 2 amide bonds. The first-order chi connectivity index (χ1) is 16.4. The Morgan fingerprint density at radius 1 is 0.765 bits per heavy atom. The van der Waals surface area contributed by atoms with Gasteiger partial charge in [-0.3, -0.25) is 24.1 Å². The monoisotopic (exact) mass is 455 g/mol. The number of carbonyl (C=O) groups is 4. The molecule has 3 aromatic carbocycles. The number of likely N-dealkylation sites (tertiary alicyclic amines) is 1. The van der Waals surface area contributed by atoms with E-state index in [0.29, 0.717) is 5.56 Å². The van der Waals surface area contributed by atoms with Crippen molar-refractivity contribution in [3.63, 3.8) is 0 Å². The van der Waals surface area contributed by atoms with E-state index in [1.807, 2.05) is 6.07 Å². The summed E-state index contributed by atoms with van der Waals surface area (Å²) in [7, 11) is 0. The highest BCUT2D eigenvalue weighted by atomic mass is 19.1. The molecule has 1 spiro atoms. The van der Waals surface area contributed by atoms with Gasteiger partial charge in [-0.15, -0.1) is 0 Å². The minimum absolute atomic E-state index is 0.0209. The fraction of sp³-hybridized carbons (Fsp3) is 0.185. The number of ketones is 2. The summed E-state index contributed by atoms with van der Waals surface area (Å²) < 4.78 is 19.8. The topological polar surface area (TPSA) is 80.8 Å². The summed E-state index contributed by atoms with van der Waals surface area (Å²) >= 11 is 0. The Bertz CT molecular complexity index is 1330. The Hall–Kier alpha value is -3.97. The maximum Gasteiger partial charge on any atom is 0.237 e. The second-order valence-electron chi connectivity index (χ2n) is 8.78. The smallest absolute Gasteiger partial charge is 0.237 e. The summed E-state index contributed by atoms with van der Waals surface area (Å²) in [6.45, 7) is 0.0209. The van der Waals surface area contributed by atoms with Gasteiger partial charge in [0, 0.05) is 11.1 Å². The third kappa shape index (κ3) is 2.64. The Balaban J connectivity index is 1.49. The zero-order valence-corrected chi connectivity index (χ0v) is 17.8. The maximum atomic E-state index is 13.7. The third-order valence-corrected chi connectivity index (χ3v) is 6.99. The van der Waals surface area contributed by atoms with E-state index < -0.39 is 52.7 Å². The van der Waals surface area contributed by atoms with Crippen molar-refractivity contribution in [2.75, 3.05) is 0 Å². The van der Waals surface area contributed by atoms with Crippen LogP contribution in [0.25, 0.3) is 0 Å². The molecule has 7 heteroatoms. The van der Waals surface area contributed by atoms with Crippen molar-refractivity contribution in [2.45, 2.75) is 18.2 Å². The number of rotatable bonds is 3. The van der Waals surface area contributed by atoms with E-state index in [9.17, 15) is 23.6 Å². The van der Waals surface area contributed by atoms with Crippen molar-refractivity contribution < 1.29 is 28.3 Å². The minimum atomic E-state index is -2.12. The largest absolute Gasteiger partial charge is 0.349 e. The summed E-state index contributed by atoms with van der Waals surface area (Å²) in [5.41, 5.74) is -0.608. The number of carbonyl (C=O) groups excluding carboxylic acids is 4. The first kappa shape index (κ1) is 20.6.